The average molecular weight is 228 g/mol. The zero-order chi connectivity index (χ0) is 12.0. The number of carbonyl (C=O) groups excluding carboxylic acids is 2. The van der Waals surface area contributed by atoms with E-state index in [0.717, 1.165) is 25.9 Å². The summed E-state index contributed by atoms with van der Waals surface area (Å²) in [6.07, 6.45) is 1.64. The van der Waals surface area contributed by atoms with Crippen molar-refractivity contribution in [3.05, 3.63) is 0 Å². The second kappa shape index (κ2) is 6.48. The number of esters is 1. The molecule has 1 amide bonds. The van der Waals surface area contributed by atoms with E-state index in [1.165, 1.54) is 0 Å². The molecule has 0 bridgehead atoms. The number of amides is 1. The Kier molecular flexibility index (Phi) is 5.25. The van der Waals surface area contributed by atoms with E-state index in [4.69, 9.17) is 4.74 Å². The Bertz CT molecular complexity index is 248. The zero-order valence-corrected chi connectivity index (χ0v) is 9.99. The van der Waals surface area contributed by atoms with Gasteiger partial charge in [-0.25, -0.2) is 0 Å². The van der Waals surface area contributed by atoms with Gasteiger partial charge in [0.05, 0.1) is 13.2 Å². The lowest BCUT2D eigenvalue weighted by Crippen LogP contribution is -2.41. The summed E-state index contributed by atoms with van der Waals surface area (Å²) < 4.78 is 4.88. The summed E-state index contributed by atoms with van der Waals surface area (Å²) in [4.78, 5) is 24.7. The highest BCUT2D eigenvalue weighted by Gasteiger charge is 2.25. The molecule has 0 aromatic rings. The topological polar surface area (TPSA) is 58.6 Å². The predicted molar refractivity (Wildman–Crippen MR) is 59.9 cm³/mol. The lowest BCUT2D eigenvalue weighted by Gasteiger charge is -2.30. The fourth-order valence-electron chi connectivity index (χ4n) is 1.95. The van der Waals surface area contributed by atoms with E-state index in [9.17, 15) is 9.59 Å². The molecule has 0 unspecified atom stereocenters. The molecule has 1 N–H and O–H groups in total. The molecule has 1 saturated heterocycles. The summed E-state index contributed by atoms with van der Waals surface area (Å²) in [5.41, 5.74) is 0. The average Bonchev–Trinajstić information content (AvgIpc) is 2.29. The molecule has 1 aliphatic rings. The van der Waals surface area contributed by atoms with Crippen LogP contribution < -0.4 is 5.32 Å². The minimum absolute atomic E-state index is 0.100. The summed E-state index contributed by atoms with van der Waals surface area (Å²) in [6.45, 7) is 4.14. The van der Waals surface area contributed by atoms with Gasteiger partial charge in [-0.1, -0.05) is 0 Å². The largest absolute Gasteiger partial charge is 0.465 e. The van der Waals surface area contributed by atoms with Crippen molar-refractivity contribution in [3.8, 4) is 0 Å². The Balaban J connectivity index is 2.26. The summed E-state index contributed by atoms with van der Waals surface area (Å²) in [7, 11) is 1.66. The second-order valence-corrected chi connectivity index (χ2v) is 3.97. The maximum Gasteiger partial charge on any atom is 0.320 e. The van der Waals surface area contributed by atoms with Crippen LogP contribution in [0.5, 0.6) is 0 Å². The fraction of sp³-hybridized carbons (Fsp3) is 0.818. The van der Waals surface area contributed by atoms with Crippen molar-refractivity contribution in [2.24, 2.45) is 5.92 Å². The first-order chi connectivity index (χ1) is 7.67. The van der Waals surface area contributed by atoms with Gasteiger partial charge in [0.15, 0.2) is 0 Å². The minimum atomic E-state index is -0.180. The standard InChI is InChI=1S/C11H20N2O3/c1-3-16-10(14)8-13-6-4-9(5-7-13)11(15)12-2/h9H,3-8H2,1-2H3,(H,12,15). The van der Waals surface area contributed by atoms with E-state index >= 15 is 0 Å². The predicted octanol–water partition coefficient (Wildman–Crippen LogP) is 0.00750. The molecule has 1 aliphatic heterocycles. The van der Waals surface area contributed by atoms with Gasteiger partial charge < -0.3 is 10.1 Å². The Morgan fingerprint density at radius 3 is 2.50 bits per heavy atom. The molecule has 5 nitrogen and oxygen atoms in total. The Morgan fingerprint density at radius 2 is 2.00 bits per heavy atom. The van der Waals surface area contributed by atoms with Crippen LogP contribution in [0.15, 0.2) is 0 Å². The fourth-order valence-corrected chi connectivity index (χ4v) is 1.95. The van der Waals surface area contributed by atoms with E-state index in [0.29, 0.717) is 13.2 Å². The van der Waals surface area contributed by atoms with Gasteiger partial charge in [-0.3, -0.25) is 14.5 Å². The second-order valence-electron chi connectivity index (χ2n) is 3.97. The lowest BCUT2D eigenvalue weighted by molar-refractivity contribution is -0.144. The van der Waals surface area contributed by atoms with Gasteiger partial charge in [-0.15, -0.1) is 0 Å². The van der Waals surface area contributed by atoms with Crippen LogP contribution in [0.1, 0.15) is 19.8 Å². The van der Waals surface area contributed by atoms with E-state index in [1.807, 2.05) is 4.90 Å². The molecule has 0 spiro atoms. The van der Waals surface area contributed by atoms with Crippen molar-refractivity contribution in [3.63, 3.8) is 0 Å². The van der Waals surface area contributed by atoms with E-state index in [2.05, 4.69) is 5.32 Å². The van der Waals surface area contributed by atoms with Crippen LogP contribution in [0.2, 0.25) is 0 Å². The number of piperidine rings is 1. The van der Waals surface area contributed by atoms with Crippen LogP contribution >= 0.6 is 0 Å². The normalized spacial score (nSPS) is 18.1. The van der Waals surface area contributed by atoms with Crippen LogP contribution in [0.25, 0.3) is 0 Å². The van der Waals surface area contributed by atoms with Crippen LogP contribution in [0.4, 0.5) is 0 Å². The minimum Gasteiger partial charge on any atom is -0.465 e. The number of nitrogens with zero attached hydrogens (tertiary/aromatic N) is 1. The summed E-state index contributed by atoms with van der Waals surface area (Å²) in [6, 6.07) is 0. The number of rotatable bonds is 4. The smallest absolute Gasteiger partial charge is 0.320 e. The summed E-state index contributed by atoms with van der Waals surface area (Å²) in [5.74, 6) is 0.0279. The molecule has 92 valence electrons. The summed E-state index contributed by atoms with van der Waals surface area (Å²) in [5, 5.41) is 2.66. The summed E-state index contributed by atoms with van der Waals surface area (Å²) >= 11 is 0. The third kappa shape index (κ3) is 3.81. The van der Waals surface area contributed by atoms with Crippen molar-refractivity contribution in [2.75, 3.05) is 33.3 Å². The first kappa shape index (κ1) is 13.0. The number of ether oxygens (including phenoxy) is 1. The van der Waals surface area contributed by atoms with Crippen molar-refractivity contribution in [1.82, 2.24) is 10.2 Å². The molecule has 1 heterocycles. The Morgan fingerprint density at radius 1 is 1.38 bits per heavy atom. The molecule has 16 heavy (non-hydrogen) atoms. The lowest BCUT2D eigenvalue weighted by atomic mass is 9.96. The molecule has 0 atom stereocenters. The molecule has 0 aromatic carbocycles. The van der Waals surface area contributed by atoms with Gasteiger partial charge in [-0.2, -0.15) is 0 Å². The Labute approximate surface area is 96.1 Å². The van der Waals surface area contributed by atoms with Crippen LogP contribution in [0.3, 0.4) is 0 Å². The van der Waals surface area contributed by atoms with Gasteiger partial charge >= 0.3 is 5.97 Å². The van der Waals surface area contributed by atoms with Gasteiger partial charge in [-0.05, 0) is 32.9 Å². The van der Waals surface area contributed by atoms with Crippen molar-refractivity contribution < 1.29 is 14.3 Å². The zero-order valence-electron chi connectivity index (χ0n) is 9.99. The molecule has 0 aromatic heterocycles. The monoisotopic (exact) mass is 228 g/mol. The number of hydrogen-bond acceptors (Lipinski definition) is 4. The highest BCUT2D eigenvalue weighted by Crippen LogP contribution is 2.16. The molecule has 0 radical (unpaired) electrons. The molecule has 5 heteroatoms. The molecule has 1 fully saturated rings. The maximum atomic E-state index is 11.4. The first-order valence-electron chi connectivity index (χ1n) is 5.77. The molecule has 0 saturated carbocycles. The SMILES string of the molecule is CCOC(=O)CN1CCC(C(=O)NC)CC1. The van der Waals surface area contributed by atoms with Gasteiger partial charge in [0.2, 0.25) is 5.91 Å². The highest BCUT2D eigenvalue weighted by molar-refractivity contribution is 5.78. The molecular formula is C11H20N2O3. The van der Waals surface area contributed by atoms with Crippen LogP contribution in [-0.2, 0) is 14.3 Å². The molecular weight excluding hydrogens is 208 g/mol. The van der Waals surface area contributed by atoms with E-state index < -0.39 is 0 Å². The van der Waals surface area contributed by atoms with Crippen LogP contribution in [0, 0.1) is 5.92 Å². The van der Waals surface area contributed by atoms with Gasteiger partial charge in [0, 0.05) is 13.0 Å². The van der Waals surface area contributed by atoms with E-state index in [-0.39, 0.29) is 17.8 Å². The van der Waals surface area contributed by atoms with Crippen LogP contribution in [-0.4, -0.2) is 50.1 Å². The highest BCUT2D eigenvalue weighted by atomic mass is 16.5. The third-order valence-electron chi connectivity index (χ3n) is 2.86. The van der Waals surface area contributed by atoms with Gasteiger partial charge in [0.25, 0.3) is 0 Å². The van der Waals surface area contributed by atoms with E-state index in [1.54, 1.807) is 14.0 Å². The van der Waals surface area contributed by atoms with Gasteiger partial charge in [0.1, 0.15) is 0 Å². The molecule has 1 rings (SSSR count). The number of carbonyl (C=O) groups is 2. The first-order valence-corrected chi connectivity index (χ1v) is 5.77. The van der Waals surface area contributed by atoms with Crippen molar-refractivity contribution in [1.29, 1.82) is 0 Å². The molecule has 0 aliphatic carbocycles. The number of hydrogen-bond donors (Lipinski definition) is 1. The maximum absolute atomic E-state index is 11.4. The van der Waals surface area contributed by atoms with Crippen molar-refractivity contribution >= 4 is 11.9 Å². The number of likely N-dealkylation sites (tertiary alicyclic amines) is 1. The van der Waals surface area contributed by atoms with Crippen molar-refractivity contribution in [2.45, 2.75) is 19.8 Å². The quantitative estimate of drug-likeness (QED) is 0.688. The number of nitrogens with one attached hydrogen (secondary N) is 1. The third-order valence-corrected chi connectivity index (χ3v) is 2.86. The Hall–Kier alpha value is -1.10.